The summed E-state index contributed by atoms with van der Waals surface area (Å²) in [7, 11) is -5.18. The molecule has 1 aromatic heterocycles. The second-order valence-electron chi connectivity index (χ2n) is 21.4. The number of carbonyl (C=O) groups excluding carboxylic acids is 3. The third kappa shape index (κ3) is 19.6. The molecule has 3 aromatic carbocycles. The maximum absolute atomic E-state index is 13.7. The first-order valence-electron chi connectivity index (χ1n) is 29.5. The van der Waals surface area contributed by atoms with E-state index in [1.54, 1.807) is 0 Å². The molecule has 0 radical (unpaired) electrons. The van der Waals surface area contributed by atoms with Gasteiger partial charge in [-0.25, -0.2) is 4.79 Å². The quantitative estimate of drug-likeness (QED) is 0.0296. The number of carbonyl (C=O) groups is 3. The Hall–Kier alpha value is -5.25. The number of nitrogens with one attached hydrogen (secondary N) is 1. The van der Waals surface area contributed by atoms with E-state index in [1.165, 1.54) is 18.2 Å². The molecule has 2 amide bonds. The number of ketones is 1. The smallest absolute Gasteiger partial charge is 0.407 e. The topological polar surface area (TPSA) is 250 Å². The number of azo groups is 1. The predicted molar refractivity (Wildman–Crippen MR) is 322 cm³/mol. The number of para-hydroxylation sites is 1. The molecular formula is C61H84N6O15P2. The molecule has 1 saturated heterocycles. The highest BCUT2D eigenvalue weighted by molar-refractivity contribution is 7.58. The lowest BCUT2D eigenvalue weighted by atomic mass is 9.83. The fourth-order valence-corrected chi connectivity index (χ4v) is 12.5. The van der Waals surface area contributed by atoms with E-state index in [-0.39, 0.29) is 62.5 Å². The van der Waals surface area contributed by atoms with Gasteiger partial charge in [-0.3, -0.25) is 9.59 Å². The zero-order valence-corrected chi connectivity index (χ0v) is 50.4. The summed E-state index contributed by atoms with van der Waals surface area (Å²) in [6, 6.07) is 23.9. The van der Waals surface area contributed by atoms with E-state index in [4.69, 9.17) is 46.5 Å². The monoisotopic (exact) mass is 1200 g/mol. The van der Waals surface area contributed by atoms with Crippen LogP contribution in [-0.4, -0.2) is 155 Å². The highest BCUT2D eigenvalue weighted by Crippen LogP contribution is 2.48. The Labute approximate surface area is 493 Å². The van der Waals surface area contributed by atoms with E-state index >= 15 is 0 Å². The number of hydrogen-bond acceptors (Lipinski definition) is 19. The highest BCUT2D eigenvalue weighted by Gasteiger charge is 2.37. The summed E-state index contributed by atoms with van der Waals surface area (Å²) < 4.78 is 56.3. The standard InChI is InChI=1S/C61H84N6O15P2/c1-44-50-20-14-17-49(81-61(70)62-31-36-76-38-37-75-34-30-58(69)67-42-46-15-9-10-18-51(46)54-41-63-65-60(54)53-19-11-12-21-55(53)67)26-27-52(50)59(66-64-44)45-22-24-48(25-23-45)77-40-39-74-33-28-47(68)16-8-6-5-7-13-32-79-84(4,72)82-56-29-35-78-57(56)43-80-83(3,71)73-2/h9-12,15,18-19,21-25,49,54,56-57,60,71-72H,3-8,13-14,16-17,20,26-43H2,1-2H3,(H,62,70). The second kappa shape index (κ2) is 33.0. The molecule has 0 spiro atoms. The number of ether oxygens (including phenoxy) is 6. The molecule has 4 heterocycles. The van der Waals surface area contributed by atoms with Crippen molar-refractivity contribution in [2.24, 2.45) is 10.2 Å². The Morgan fingerprint density at radius 3 is 2.31 bits per heavy atom. The Kier molecular flexibility index (Phi) is 25.5. The van der Waals surface area contributed by atoms with E-state index in [2.05, 4.69) is 56.5 Å². The van der Waals surface area contributed by atoms with Gasteiger partial charge in [-0.2, -0.15) is 15.3 Å². The first-order valence-corrected chi connectivity index (χ1v) is 33.0. The van der Waals surface area contributed by atoms with Crippen LogP contribution in [0.25, 0.3) is 11.3 Å². The third-order valence-corrected chi connectivity index (χ3v) is 17.7. The van der Waals surface area contributed by atoms with Gasteiger partial charge in [-0.05, 0) is 117 Å². The Morgan fingerprint density at radius 1 is 0.750 bits per heavy atom. The Bertz CT molecular complexity index is 2900. The predicted octanol–water partition coefficient (Wildman–Crippen LogP) is 10.00. The fraction of sp³-hybridized carbons (Fsp3) is 0.557. The number of hydrogen-bond donors (Lipinski definition) is 3. The lowest BCUT2D eigenvalue weighted by Crippen LogP contribution is -2.34. The third-order valence-electron chi connectivity index (χ3n) is 15.4. The van der Waals surface area contributed by atoms with Crippen molar-refractivity contribution in [3.05, 3.63) is 106 Å². The van der Waals surface area contributed by atoms with Gasteiger partial charge in [-0.15, -0.1) is 5.10 Å². The van der Waals surface area contributed by atoms with Gasteiger partial charge in [0.1, 0.15) is 36.4 Å². The number of nitrogens with zero attached hydrogens (tertiary/aromatic N) is 5. The van der Waals surface area contributed by atoms with Crippen molar-refractivity contribution in [1.29, 1.82) is 0 Å². The molecule has 23 heteroatoms. The molecule has 7 atom stereocenters. The van der Waals surface area contributed by atoms with Gasteiger partial charge in [0.2, 0.25) is 21.0 Å². The van der Waals surface area contributed by atoms with Crippen molar-refractivity contribution in [2.75, 3.05) is 91.2 Å². The average molecular weight is 1200 g/mol. The van der Waals surface area contributed by atoms with Crippen molar-refractivity contribution in [2.45, 2.75) is 134 Å². The summed E-state index contributed by atoms with van der Waals surface area (Å²) in [5, 5.41) is 21.0. The number of amides is 2. The zero-order chi connectivity index (χ0) is 59.2. The summed E-state index contributed by atoms with van der Waals surface area (Å²) >= 11 is 0. The van der Waals surface area contributed by atoms with E-state index in [0.717, 1.165) is 90.7 Å². The van der Waals surface area contributed by atoms with E-state index in [9.17, 15) is 24.2 Å². The number of unbranched alkanes of at least 4 members (excludes halogenated alkanes) is 4. The number of Topliss-reactive ketones (excluding diaryl/α,β-unsaturated/α-hetero) is 1. The van der Waals surface area contributed by atoms with Crippen LogP contribution in [-0.2, 0) is 70.8 Å². The summed E-state index contributed by atoms with van der Waals surface area (Å²) in [6.45, 7) is 6.30. The van der Waals surface area contributed by atoms with Gasteiger partial charge in [-0.1, -0.05) is 61.7 Å². The molecule has 1 aliphatic carbocycles. The van der Waals surface area contributed by atoms with Crippen molar-refractivity contribution < 1.29 is 70.7 Å². The minimum atomic E-state index is -3.32. The van der Waals surface area contributed by atoms with Gasteiger partial charge in [0.15, 0.2) is 0 Å². The van der Waals surface area contributed by atoms with Gasteiger partial charge in [0.25, 0.3) is 0 Å². The Balaban J connectivity index is 0.647. The van der Waals surface area contributed by atoms with Gasteiger partial charge >= 0.3 is 6.09 Å². The van der Waals surface area contributed by atoms with Gasteiger partial charge in [0, 0.05) is 62.3 Å². The summed E-state index contributed by atoms with van der Waals surface area (Å²) in [6.07, 6.45) is 15.1. The van der Waals surface area contributed by atoms with Crippen LogP contribution < -0.4 is 15.0 Å². The molecule has 1 fully saturated rings. The summed E-state index contributed by atoms with van der Waals surface area (Å²) in [4.78, 5) is 61.5. The number of anilines is 1. The molecule has 3 aliphatic heterocycles. The number of benzene rings is 3. The molecule has 7 unspecified atom stereocenters. The summed E-state index contributed by atoms with van der Waals surface area (Å²) in [5.41, 5.74) is 9.11. The van der Waals surface area contributed by atoms with Crippen LogP contribution in [0.2, 0.25) is 0 Å². The SMILES string of the molecule is C=P(O)(OC)OCC1OCCC1OP(=C)(O)OCCCCCCCC(=O)CCOCCOc1ccc(-c2nnc(C)c3c2CCC(OC(=O)NCCOCCOCCC(=O)N2Cc4ccccc4C4CN=NC4c4ccccc42)CCC3)cc1. The number of fused-ring (bicyclic) bond motifs is 6. The van der Waals surface area contributed by atoms with Crippen molar-refractivity contribution in [3.63, 3.8) is 0 Å². The lowest BCUT2D eigenvalue weighted by Gasteiger charge is -2.32. The van der Waals surface area contributed by atoms with Crippen LogP contribution in [0, 0.1) is 6.92 Å². The lowest BCUT2D eigenvalue weighted by molar-refractivity contribution is -0.121. The van der Waals surface area contributed by atoms with Crippen LogP contribution in [0.5, 0.6) is 5.75 Å². The largest absolute Gasteiger partial charge is 0.491 e. The maximum atomic E-state index is 13.7. The summed E-state index contributed by atoms with van der Waals surface area (Å²) in [5.74, 6) is 0.983. The molecule has 4 aliphatic rings. The molecule has 0 bridgehead atoms. The van der Waals surface area contributed by atoms with Crippen molar-refractivity contribution in [3.8, 4) is 17.0 Å². The molecular weight excluding hydrogens is 1120 g/mol. The minimum Gasteiger partial charge on any atom is -0.491 e. The first-order chi connectivity index (χ1) is 40.8. The molecule has 3 N–H and O–H groups in total. The van der Waals surface area contributed by atoms with Crippen molar-refractivity contribution in [1.82, 2.24) is 15.5 Å². The van der Waals surface area contributed by atoms with Crippen LogP contribution in [0.3, 0.4) is 0 Å². The normalized spacial score (nSPS) is 20.6. The van der Waals surface area contributed by atoms with E-state index in [0.29, 0.717) is 97.2 Å². The minimum absolute atomic E-state index is 0.00945. The highest BCUT2D eigenvalue weighted by atomic mass is 31.2. The van der Waals surface area contributed by atoms with E-state index in [1.807, 2.05) is 66.4 Å². The first kappa shape index (κ1) is 64.7. The van der Waals surface area contributed by atoms with Crippen LogP contribution in [0.15, 0.2) is 83.0 Å². The van der Waals surface area contributed by atoms with Gasteiger partial charge < -0.3 is 66.5 Å². The molecule has 0 saturated carbocycles. The van der Waals surface area contributed by atoms with Gasteiger partial charge in [0.05, 0.1) is 89.9 Å². The van der Waals surface area contributed by atoms with E-state index < -0.39 is 33.4 Å². The molecule has 4 aromatic rings. The number of aromatic nitrogens is 2. The average Bonchev–Trinajstić information content (AvgIpc) is 2.35. The fourth-order valence-electron chi connectivity index (χ4n) is 10.9. The van der Waals surface area contributed by atoms with Crippen LogP contribution >= 0.6 is 15.1 Å². The molecule has 458 valence electrons. The van der Waals surface area contributed by atoms with Crippen molar-refractivity contribution >= 4 is 51.2 Å². The Morgan fingerprint density at radius 2 is 1.49 bits per heavy atom. The number of rotatable bonds is 33. The number of aryl methyl sites for hydroxylation is 1. The second-order valence-corrected chi connectivity index (χ2v) is 25.0. The zero-order valence-electron chi connectivity index (χ0n) is 48.7. The molecule has 21 nitrogen and oxygen atoms in total. The molecule has 84 heavy (non-hydrogen) atoms. The maximum Gasteiger partial charge on any atom is 0.407 e. The van der Waals surface area contributed by atoms with Crippen LogP contribution in [0.1, 0.15) is 123 Å². The molecule has 8 rings (SSSR count). The number of alkyl carbamates (subject to hydrolysis) is 1. The van der Waals surface area contributed by atoms with Crippen LogP contribution in [0.4, 0.5) is 10.5 Å².